The molecule has 0 aromatic heterocycles. The minimum atomic E-state index is 0.0793. The highest BCUT2D eigenvalue weighted by atomic mass is 16.6. The second-order valence-electron chi connectivity index (χ2n) is 5.11. The minimum absolute atomic E-state index is 0.0793. The van der Waals surface area contributed by atoms with E-state index in [0.29, 0.717) is 19.8 Å². The van der Waals surface area contributed by atoms with Crippen molar-refractivity contribution in [2.75, 3.05) is 40.6 Å². The fourth-order valence-electron chi connectivity index (χ4n) is 2.23. The molecule has 21 heavy (non-hydrogen) atoms. The second kappa shape index (κ2) is 8.22. The number of ether oxygens (including phenoxy) is 4. The van der Waals surface area contributed by atoms with Crippen molar-refractivity contribution < 1.29 is 18.9 Å². The number of rotatable bonds is 9. The van der Waals surface area contributed by atoms with E-state index in [1.807, 2.05) is 18.2 Å². The highest BCUT2D eigenvalue weighted by Gasteiger charge is 2.23. The predicted octanol–water partition coefficient (Wildman–Crippen LogP) is 2.16. The Labute approximate surface area is 126 Å². The molecule has 0 radical (unpaired) electrons. The number of benzene rings is 1. The zero-order valence-corrected chi connectivity index (χ0v) is 13.1. The standard InChI is InChI=1S/C16H25NO4/c1-4-7-17-15(11-21-13-9-20-10-13)14-8-12(18-2)5-6-16(14)19-3/h5-6,8,13,15,17H,4,7,9-11H2,1-3H3. The van der Waals surface area contributed by atoms with Crippen molar-refractivity contribution in [1.29, 1.82) is 0 Å². The molecule has 1 aromatic carbocycles. The first-order chi connectivity index (χ1) is 10.3. The SMILES string of the molecule is CCCNC(COC1COC1)c1cc(OC)ccc1OC. The molecular weight excluding hydrogens is 270 g/mol. The monoisotopic (exact) mass is 295 g/mol. The van der Waals surface area contributed by atoms with E-state index in [1.54, 1.807) is 14.2 Å². The Hall–Kier alpha value is -1.30. The molecule has 1 aliphatic rings. The van der Waals surface area contributed by atoms with Gasteiger partial charge in [-0.15, -0.1) is 0 Å². The number of methoxy groups -OCH3 is 2. The van der Waals surface area contributed by atoms with Gasteiger partial charge in [0.2, 0.25) is 0 Å². The Morgan fingerprint density at radius 1 is 1.29 bits per heavy atom. The molecule has 1 saturated heterocycles. The summed E-state index contributed by atoms with van der Waals surface area (Å²) in [6.45, 7) is 5.05. The van der Waals surface area contributed by atoms with Crippen LogP contribution in [0.2, 0.25) is 0 Å². The third-order valence-electron chi connectivity index (χ3n) is 3.56. The maximum atomic E-state index is 5.88. The summed E-state index contributed by atoms with van der Waals surface area (Å²) in [6, 6.07) is 5.92. The Balaban J connectivity index is 2.12. The van der Waals surface area contributed by atoms with Crippen LogP contribution in [0.25, 0.3) is 0 Å². The van der Waals surface area contributed by atoms with E-state index in [1.165, 1.54) is 0 Å². The van der Waals surface area contributed by atoms with E-state index >= 15 is 0 Å². The van der Waals surface area contributed by atoms with Gasteiger partial charge in [0, 0.05) is 5.56 Å². The van der Waals surface area contributed by atoms with Gasteiger partial charge in [-0.25, -0.2) is 0 Å². The molecule has 0 aliphatic carbocycles. The maximum Gasteiger partial charge on any atom is 0.123 e. The first kappa shape index (κ1) is 16.1. The van der Waals surface area contributed by atoms with Crippen LogP contribution in [0.5, 0.6) is 11.5 Å². The lowest BCUT2D eigenvalue weighted by Gasteiger charge is -2.29. The fraction of sp³-hybridized carbons (Fsp3) is 0.625. The Morgan fingerprint density at radius 2 is 2.10 bits per heavy atom. The molecule has 0 amide bonds. The van der Waals surface area contributed by atoms with Gasteiger partial charge in [0.05, 0.1) is 40.1 Å². The zero-order chi connectivity index (χ0) is 15.1. The summed E-state index contributed by atoms with van der Waals surface area (Å²) in [5.74, 6) is 1.67. The van der Waals surface area contributed by atoms with Crippen LogP contribution in [0.1, 0.15) is 24.9 Å². The minimum Gasteiger partial charge on any atom is -0.497 e. The smallest absolute Gasteiger partial charge is 0.123 e. The Bertz CT molecular complexity index is 434. The first-order valence-electron chi connectivity index (χ1n) is 7.43. The van der Waals surface area contributed by atoms with Gasteiger partial charge in [0.25, 0.3) is 0 Å². The van der Waals surface area contributed by atoms with Gasteiger partial charge < -0.3 is 24.3 Å². The molecule has 118 valence electrons. The van der Waals surface area contributed by atoms with Gasteiger partial charge in [-0.3, -0.25) is 0 Å². The normalized spacial score (nSPS) is 16.3. The summed E-state index contributed by atoms with van der Waals surface area (Å²) in [5.41, 5.74) is 1.06. The lowest BCUT2D eigenvalue weighted by atomic mass is 10.1. The number of hydrogen-bond donors (Lipinski definition) is 1. The fourth-order valence-corrected chi connectivity index (χ4v) is 2.23. The summed E-state index contributed by atoms with van der Waals surface area (Å²) in [4.78, 5) is 0. The highest BCUT2D eigenvalue weighted by Crippen LogP contribution is 2.30. The van der Waals surface area contributed by atoms with Crippen LogP contribution >= 0.6 is 0 Å². The molecule has 5 heteroatoms. The van der Waals surface area contributed by atoms with Gasteiger partial charge in [0.1, 0.15) is 17.6 Å². The van der Waals surface area contributed by atoms with Crippen LogP contribution in [0.3, 0.4) is 0 Å². The molecule has 1 fully saturated rings. The Morgan fingerprint density at radius 3 is 2.67 bits per heavy atom. The average molecular weight is 295 g/mol. The quantitative estimate of drug-likeness (QED) is 0.756. The van der Waals surface area contributed by atoms with Gasteiger partial charge in [-0.2, -0.15) is 0 Å². The van der Waals surface area contributed by atoms with Crippen molar-refractivity contribution in [3.8, 4) is 11.5 Å². The predicted molar refractivity (Wildman–Crippen MR) is 81.1 cm³/mol. The molecular formula is C16H25NO4. The first-order valence-corrected chi connectivity index (χ1v) is 7.43. The van der Waals surface area contributed by atoms with Gasteiger partial charge >= 0.3 is 0 Å². The molecule has 0 spiro atoms. The maximum absolute atomic E-state index is 5.88. The van der Waals surface area contributed by atoms with Crippen molar-refractivity contribution in [1.82, 2.24) is 5.32 Å². The number of hydrogen-bond acceptors (Lipinski definition) is 5. The summed E-state index contributed by atoms with van der Waals surface area (Å²) in [5, 5.41) is 3.51. The number of nitrogens with one attached hydrogen (secondary N) is 1. The second-order valence-corrected chi connectivity index (χ2v) is 5.11. The van der Waals surface area contributed by atoms with Gasteiger partial charge in [-0.1, -0.05) is 6.92 Å². The molecule has 5 nitrogen and oxygen atoms in total. The van der Waals surface area contributed by atoms with Crippen LogP contribution in [-0.4, -0.2) is 46.7 Å². The van der Waals surface area contributed by atoms with Crippen LogP contribution < -0.4 is 14.8 Å². The average Bonchev–Trinajstić information content (AvgIpc) is 2.48. The molecule has 1 unspecified atom stereocenters. The molecule has 1 heterocycles. The van der Waals surface area contributed by atoms with Crippen molar-refractivity contribution in [3.63, 3.8) is 0 Å². The molecule has 1 aromatic rings. The third-order valence-corrected chi connectivity index (χ3v) is 3.56. The van der Waals surface area contributed by atoms with Crippen LogP contribution in [0, 0.1) is 0 Å². The largest absolute Gasteiger partial charge is 0.497 e. The van der Waals surface area contributed by atoms with Crippen molar-refractivity contribution in [2.45, 2.75) is 25.5 Å². The van der Waals surface area contributed by atoms with Crippen molar-refractivity contribution in [2.24, 2.45) is 0 Å². The molecule has 1 aliphatic heterocycles. The van der Waals surface area contributed by atoms with E-state index in [0.717, 1.165) is 30.0 Å². The van der Waals surface area contributed by atoms with Gasteiger partial charge in [0.15, 0.2) is 0 Å². The third kappa shape index (κ3) is 4.33. The summed E-state index contributed by atoms with van der Waals surface area (Å²) >= 11 is 0. The molecule has 0 saturated carbocycles. The van der Waals surface area contributed by atoms with Crippen LogP contribution in [-0.2, 0) is 9.47 Å². The van der Waals surface area contributed by atoms with E-state index in [9.17, 15) is 0 Å². The summed E-state index contributed by atoms with van der Waals surface area (Å²) in [7, 11) is 3.35. The molecule has 1 N–H and O–H groups in total. The van der Waals surface area contributed by atoms with E-state index in [4.69, 9.17) is 18.9 Å². The van der Waals surface area contributed by atoms with Crippen LogP contribution in [0.15, 0.2) is 18.2 Å². The summed E-state index contributed by atoms with van der Waals surface area (Å²) in [6.07, 6.45) is 1.28. The van der Waals surface area contributed by atoms with E-state index in [2.05, 4.69) is 12.2 Å². The van der Waals surface area contributed by atoms with E-state index in [-0.39, 0.29) is 12.1 Å². The Kier molecular flexibility index (Phi) is 6.29. The zero-order valence-electron chi connectivity index (χ0n) is 13.1. The summed E-state index contributed by atoms with van der Waals surface area (Å²) < 4.78 is 21.8. The van der Waals surface area contributed by atoms with Gasteiger partial charge in [-0.05, 0) is 31.2 Å². The van der Waals surface area contributed by atoms with Crippen molar-refractivity contribution >= 4 is 0 Å². The van der Waals surface area contributed by atoms with Crippen LogP contribution in [0.4, 0.5) is 0 Å². The lowest BCUT2D eigenvalue weighted by molar-refractivity contribution is -0.133. The molecule has 2 rings (SSSR count). The highest BCUT2D eigenvalue weighted by molar-refractivity contribution is 5.42. The lowest BCUT2D eigenvalue weighted by Crippen LogP contribution is -2.38. The molecule has 0 bridgehead atoms. The van der Waals surface area contributed by atoms with E-state index < -0.39 is 0 Å². The topological polar surface area (TPSA) is 49.0 Å². The van der Waals surface area contributed by atoms with Crippen molar-refractivity contribution in [3.05, 3.63) is 23.8 Å². The molecule has 1 atom stereocenters.